The fraction of sp³-hybridized carbons (Fsp3) is 0.429. The first-order chi connectivity index (χ1) is 10.6. The molecule has 1 saturated heterocycles. The Morgan fingerprint density at radius 2 is 2.23 bits per heavy atom. The molecule has 0 spiro atoms. The number of nitrogens with one attached hydrogen (secondary N) is 2. The normalized spacial score (nSPS) is 15.7. The first kappa shape index (κ1) is 14.5. The van der Waals surface area contributed by atoms with Gasteiger partial charge in [-0.3, -0.25) is 5.10 Å². The van der Waals surface area contributed by atoms with E-state index in [1.807, 2.05) is 13.0 Å². The minimum atomic E-state index is -1.13. The van der Waals surface area contributed by atoms with Crippen molar-refractivity contribution in [3.63, 3.8) is 0 Å². The van der Waals surface area contributed by atoms with Gasteiger partial charge in [0.25, 0.3) is 0 Å². The molecule has 1 aliphatic rings. The quantitative estimate of drug-likeness (QED) is 0.783. The first-order valence-electron chi connectivity index (χ1n) is 7.10. The molecule has 3 heterocycles. The number of carboxylic acids is 1. The van der Waals surface area contributed by atoms with Crippen molar-refractivity contribution >= 4 is 11.8 Å². The van der Waals surface area contributed by atoms with Crippen molar-refractivity contribution in [3.8, 4) is 11.4 Å². The standard InChI is InChI=1S/C14H17N5O3/c1-8-7-15-11(16-9-2-4-22-5-3-9)6-10(8)12-17-13(14(20)21)19-18-12/h6-7,9H,2-5H2,1H3,(H,15,16)(H,20,21)(H,17,18,19). The van der Waals surface area contributed by atoms with E-state index in [2.05, 4.69) is 25.5 Å². The van der Waals surface area contributed by atoms with Crippen LogP contribution in [0.3, 0.4) is 0 Å². The average molecular weight is 303 g/mol. The van der Waals surface area contributed by atoms with Crippen LogP contribution in [0, 0.1) is 6.92 Å². The summed E-state index contributed by atoms with van der Waals surface area (Å²) in [6, 6.07) is 2.18. The maximum Gasteiger partial charge on any atom is 0.373 e. The number of aromatic amines is 1. The van der Waals surface area contributed by atoms with Crippen LogP contribution in [0.15, 0.2) is 12.3 Å². The van der Waals surface area contributed by atoms with E-state index in [1.54, 1.807) is 6.20 Å². The number of hydrogen-bond donors (Lipinski definition) is 3. The zero-order chi connectivity index (χ0) is 15.5. The Morgan fingerprint density at radius 3 is 2.91 bits per heavy atom. The lowest BCUT2D eigenvalue weighted by Crippen LogP contribution is -2.28. The van der Waals surface area contributed by atoms with Gasteiger partial charge in [-0.1, -0.05) is 0 Å². The van der Waals surface area contributed by atoms with E-state index in [-0.39, 0.29) is 5.82 Å². The van der Waals surface area contributed by atoms with Crippen LogP contribution in [0.25, 0.3) is 11.4 Å². The number of aromatic carboxylic acids is 1. The first-order valence-corrected chi connectivity index (χ1v) is 7.10. The van der Waals surface area contributed by atoms with Gasteiger partial charge < -0.3 is 15.2 Å². The van der Waals surface area contributed by atoms with Crippen molar-refractivity contribution in [2.75, 3.05) is 18.5 Å². The number of H-pyrrole nitrogens is 1. The van der Waals surface area contributed by atoms with Crippen LogP contribution in [-0.2, 0) is 4.74 Å². The Kier molecular flexibility index (Phi) is 4.01. The maximum atomic E-state index is 10.9. The van der Waals surface area contributed by atoms with Gasteiger partial charge in [0.2, 0.25) is 5.82 Å². The molecule has 0 unspecified atom stereocenters. The van der Waals surface area contributed by atoms with Crippen molar-refractivity contribution in [1.29, 1.82) is 0 Å². The number of carbonyl (C=O) groups is 1. The number of aromatic nitrogens is 4. The molecular weight excluding hydrogens is 286 g/mol. The fourth-order valence-electron chi connectivity index (χ4n) is 2.37. The van der Waals surface area contributed by atoms with Crippen LogP contribution in [0.5, 0.6) is 0 Å². The number of nitrogens with zero attached hydrogens (tertiary/aromatic N) is 3. The minimum absolute atomic E-state index is 0.176. The van der Waals surface area contributed by atoms with Gasteiger partial charge in [0, 0.05) is 31.0 Å². The Balaban J connectivity index is 1.83. The number of carboxylic acid groups (broad SMARTS) is 1. The Labute approximate surface area is 126 Å². The smallest absolute Gasteiger partial charge is 0.373 e. The second-order valence-corrected chi connectivity index (χ2v) is 5.23. The average Bonchev–Trinajstić information content (AvgIpc) is 3.00. The molecule has 1 aliphatic heterocycles. The summed E-state index contributed by atoms with van der Waals surface area (Å²) < 4.78 is 5.33. The van der Waals surface area contributed by atoms with Gasteiger partial charge >= 0.3 is 5.97 Å². The van der Waals surface area contributed by atoms with E-state index in [0.29, 0.717) is 11.9 Å². The van der Waals surface area contributed by atoms with Crippen LogP contribution >= 0.6 is 0 Å². The third-order valence-corrected chi connectivity index (χ3v) is 3.61. The lowest BCUT2D eigenvalue weighted by atomic mass is 10.1. The van der Waals surface area contributed by atoms with Gasteiger partial charge in [-0.05, 0) is 31.4 Å². The van der Waals surface area contributed by atoms with Crippen LogP contribution < -0.4 is 5.32 Å². The van der Waals surface area contributed by atoms with Gasteiger partial charge in [0.1, 0.15) is 5.82 Å². The fourth-order valence-corrected chi connectivity index (χ4v) is 2.37. The van der Waals surface area contributed by atoms with E-state index in [4.69, 9.17) is 9.84 Å². The SMILES string of the molecule is Cc1cnc(NC2CCOCC2)cc1-c1n[nH]c(C(=O)O)n1. The zero-order valence-corrected chi connectivity index (χ0v) is 12.2. The number of ether oxygens (including phenoxy) is 1. The van der Waals surface area contributed by atoms with Crippen molar-refractivity contribution < 1.29 is 14.6 Å². The number of anilines is 1. The molecule has 3 rings (SSSR count). The highest BCUT2D eigenvalue weighted by Crippen LogP contribution is 2.23. The molecule has 2 aromatic rings. The number of hydrogen-bond acceptors (Lipinski definition) is 6. The van der Waals surface area contributed by atoms with Crippen molar-refractivity contribution in [3.05, 3.63) is 23.7 Å². The summed E-state index contributed by atoms with van der Waals surface area (Å²) in [6.07, 6.45) is 3.61. The molecule has 8 heteroatoms. The molecule has 0 bridgehead atoms. The predicted molar refractivity (Wildman–Crippen MR) is 78.8 cm³/mol. The number of aryl methyl sites for hydroxylation is 1. The molecule has 0 atom stereocenters. The minimum Gasteiger partial charge on any atom is -0.475 e. The van der Waals surface area contributed by atoms with Gasteiger partial charge in [0.05, 0.1) is 0 Å². The number of pyridine rings is 1. The highest BCUT2D eigenvalue weighted by Gasteiger charge is 2.17. The lowest BCUT2D eigenvalue weighted by Gasteiger charge is -2.23. The van der Waals surface area contributed by atoms with Crippen LogP contribution in [-0.4, -0.2) is 50.5 Å². The summed E-state index contributed by atoms with van der Waals surface area (Å²) in [4.78, 5) is 19.2. The summed E-state index contributed by atoms with van der Waals surface area (Å²) in [5.74, 6) is -0.224. The van der Waals surface area contributed by atoms with Crippen molar-refractivity contribution in [2.24, 2.45) is 0 Å². The molecule has 0 radical (unpaired) electrons. The molecular formula is C14H17N5O3. The highest BCUT2D eigenvalue weighted by molar-refractivity contribution is 5.83. The molecule has 2 aromatic heterocycles. The largest absolute Gasteiger partial charge is 0.475 e. The van der Waals surface area contributed by atoms with E-state index < -0.39 is 5.97 Å². The second-order valence-electron chi connectivity index (χ2n) is 5.23. The van der Waals surface area contributed by atoms with Gasteiger partial charge in [-0.25, -0.2) is 14.8 Å². The Bertz CT molecular complexity index is 679. The summed E-state index contributed by atoms with van der Waals surface area (Å²) in [7, 11) is 0. The molecule has 116 valence electrons. The Hall–Kier alpha value is -2.48. The summed E-state index contributed by atoms with van der Waals surface area (Å²) in [5, 5.41) is 18.7. The zero-order valence-electron chi connectivity index (χ0n) is 12.2. The van der Waals surface area contributed by atoms with Crippen LogP contribution in [0.4, 0.5) is 5.82 Å². The molecule has 8 nitrogen and oxygen atoms in total. The molecule has 0 aliphatic carbocycles. The van der Waals surface area contributed by atoms with Crippen LogP contribution in [0.1, 0.15) is 29.0 Å². The van der Waals surface area contributed by atoms with E-state index in [9.17, 15) is 4.79 Å². The Morgan fingerprint density at radius 1 is 1.45 bits per heavy atom. The molecule has 0 saturated carbocycles. The molecule has 1 fully saturated rings. The molecule has 22 heavy (non-hydrogen) atoms. The van der Waals surface area contributed by atoms with E-state index >= 15 is 0 Å². The summed E-state index contributed by atoms with van der Waals surface area (Å²) >= 11 is 0. The third kappa shape index (κ3) is 3.06. The van der Waals surface area contributed by atoms with Crippen LogP contribution in [0.2, 0.25) is 0 Å². The molecule has 0 aromatic carbocycles. The second kappa shape index (κ2) is 6.10. The molecule has 3 N–H and O–H groups in total. The highest BCUT2D eigenvalue weighted by atomic mass is 16.5. The monoisotopic (exact) mass is 303 g/mol. The predicted octanol–water partition coefficient (Wildman–Crippen LogP) is 1.46. The summed E-state index contributed by atoms with van der Waals surface area (Å²) in [5.41, 5.74) is 1.64. The molecule has 0 amide bonds. The third-order valence-electron chi connectivity index (χ3n) is 3.61. The topological polar surface area (TPSA) is 113 Å². The van der Waals surface area contributed by atoms with E-state index in [0.717, 1.165) is 43.0 Å². The lowest BCUT2D eigenvalue weighted by molar-refractivity contribution is 0.0684. The van der Waals surface area contributed by atoms with E-state index in [1.165, 1.54) is 0 Å². The van der Waals surface area contributed by atoms with Gasteiger partial charge in [-0.2, -0.15) is 5.10 Å². The van der Waals surface area contributed by atoms with Gasteiger partial charge in [-0.15, -0.1) is 0 Å². The number of rotatable bonds is 4. The maximum absolute atomic E-state index is 10.9. The summed E-state index contributed by atoms with van der Waals surface area (Å²) in [6.45, 7) is 3.38. The van der Waals surface area contributed by atoms with Gasteiger partial charge in [0.15, 0.2) is 5.82 Å². The van der Waals surface area contributed by atoms with Crippen molar-refractivity contribution in [2.45, 2.75) is 25.8 Å². The van der Waals surface area contributed by atoms with Crippen molar-refractivity contribution in [1.82, 2.24) is 20.2 Å².